The van der Waals surface area contributed by atoms with Gasteiger partial charge in [0.05, 0.1) is 17.7 Å². The molecule has 0 saturated heterocycles. The fraction of sp³-hybridized carbons (Fsp3) is 0.556. The molecule has 0 saturated carbocycles. The second kappa shape index (κ2) is 9.86. The van der Waals surface area contributed by atoms with Crippen LogP contribution < -0.4 is 10.1 Å². The van der Waals surface area contributed by atoms with Gasteiger partial charge in [0.1, 0.15) is 18.6 Å². The van der Waals surface area contributed by atoms with Gasteiger partial charge >= 0.3 is 0 Å². The molecule has 9 heteroatoms. The van der Waals surface area contributed by atoms with Crippen LogP contribution >= 0.6 is 0 Å². The topological polar surface area (TPSA) is 111 Å². The molecule has 1 aromatic rings. The highest BCUT2D eigenvalue weighted by Crippen LogP contribution is 2.27. The van der Waals surface area contributed by atoms with Crippen molar-refractivity contribution >= 4 is 11.8 Å². The lowest BCUT2D eigenvalue weighted by Gasteiger charge is -2.20. The third-order valence-corrected chi connectivity index (χ3v) is 4.23. The SMILES string of the molecule is CCCCCC(NCC)Oc1ccc2c(c1)C(=O)N(CCO[N+](=O)[O-])C2=O. The van der Waals surface area contributed by atoms with Gasteiger partial charge in [-0.1, -0.05) is 26.7 Å². The van der Waals surface area contributed by atoms with Gasteiger partial charge in [-0.15, -0.1) is 10.1 Å². The Kier molecular flexibility index (Phi) is 7.54. The van der Waals surface area contributed by atoms with E-state index in [2.05, 4.69) is 17.1 Å². The van der Waals surface area contributed by atoms with Crippen molar-refractivity contribution in [2.45, 2.75) is 45.8 Å². The lowest BCUT2D eigenvalue weighted by Crippen LogP contribution is -2.34. The zero-order chi connectivity index (χ0) is 19.8. The number of hydrogen-bond donors (Lipinski definition) is 1. The molecule has 0 radical (unpaired) electrons. The molecule has 0 spiro atoms. The summed E-state index contributed by atoms with van der Waals surface area (Å²) in [5.74, 6) is -0.487. The van der Waals surface area contributed by atoms with E-state index in [0.717, 1.165) is 37.1 Å². The van der Waals surface area contributed by atoms with E-state index in [1.807, 2.05) is 6.92 Å². The van der Waals surface area contributed by atoms with Gasteiger partial charge in [-0.3, -0.25) is 19.8 Å². The third-order valence-electron chi connectivity index (χ3n) is 4.23. The number of imide groups is 1. The van der Waals surface area contributed by atoms with Crippen molar-refractivity contribution in [1.29, 1.82) is 0 Å². The molecule has 1 atom stereocenters. The predicted octanol–water partition coefficient (Wildman–Crippen LogP) is 2.39. The van der Waals surface area contributed by atoms with Crippen molar-refractivity contribution < 1.29 is 24.3 Å². The van der Waals surface area contributed by atoms with E-state index in [1.165, 1.54) is 0 Å². The zero-order valence-electron chi connectivity index (χ0n) is 15.6. The molecular formula is C18H25N3O6. The molecule has 2 amide bonds. The predicted molar refractivity (Wildman–Crippen MR) is 97.0 cm³/mol. The molecule has 0 bridgehead atoms. The average Bonchev–Trinajstić information content (AvgIpc) is 2.86. The minimum atomic E-state index is -0.955. The Morgan fingerprint density at radius 2 is 1.93 bits per heavy atom. The summed E-state index contributed by atoms with van der Waals surface area (Å²) in [5, 5.41) is 12.5. The van der Waals surface area contributed by atoms with E-state index < -0.39 is 16.9 Å². The van der Waals surface area contributed by atoms with E-state index in [9.17, 15) is 19.7 Å². The molecule has 27 heavy (non-hydrogen) atoms. The van der Waals surface area contributed by atoms with Crippen LogP contribution in [0.4, 0.5) is 0 Å². The monoisotopic (exact) mass is 379 g/mol. The van der Waals surface area contributed by atoms with Crippen LogP contribution in [-0.4, -0.2) is 47.7 Å². The number of nitrogens with zero attached hydrogens (tertiary/aromatic N) is 2. The summed E-state index contributed by atoms with van der Waals surface area (Å²) >= 11 is 0. The maximum atomic E-state index is 12.5. The molecule has 1 aliphatic rings. The Hall–Kier alpha value is -2.68. The van der Waals surface area contributed by atoms with Crippen LogP contribution in [-0.2, 0) is 4.84 Å². The second-order valence-corrected chi connectivity index (χ2v) is 6.19. The quantitative estimate of drug-likeness (QED) is 0.195. The number of rotatable bonds is 12. The lowest BCUT2D eigenvalue weighted by atomic mass is 10.1. The maximum absolute atomic E-state index is 12.5. The van der Waals surface area contributed by atoms with E-state index in [4.69, 9.17) is 4.74 Å². The number of ether oxygens (including phenoxy) is 1. The second-order valence-electron chi connectivity index (χ2n) is 6.19. The van der Waals surface area contributed by atoms with Crippen molar-refractivity contribution in [3.63, 3.8) is 0 Å². The Labute approximate surface area is 157 Å². The minimum Gasteiger partial charge on any atom is -0.475 e. The third kappa shape index (κ3) is 5.40. The first-order valence-electron chi connectivity index (χ1n) is 9.15. The van der Waals surface area contributed by atoms with Crippen molar-refractivity contribution in [2.24, 2.45) is 0 Å². The molecule has 0 fully saturated rings. The summed E-state index contributed by atoms with van der Waals surface area (Å²) in [5.41, 5.74) is 0.502. The molecule has 2 rings (SSSR count). The van der Waals surface area contributed by atoms with Gasteiger partial charge in [0.25, 0.3) is 16.9 Å². The highest BCUT2D eigenvalue weighted by molar-refractivity contribution is 6.21. The van der Waals surface area contributed by atoms with Crippen LogP contribution in [0.2, 0.25) is 0 Å². The minimum absolute atomic E-state index is 0.170. The number of benzene rings is 1. The number of carbonyl (C=O) groups excluding carboxylic acids is 2. The lowest BCUT2D eigenvalue weighted by molar-refractivity contribution is -0.757. The first-order chi connectivity index (χ1) is 13.0. The number of hydrogen-bond acceptors (Lipinski definition) is 7. The van der Waals surface area contributed by atoms with Gasteiger partial charge in [0, 0.05) is 0 Å². The summed E-state index contributed by atoms with van der Waals surface area (Å²) in [6.45, 7) is 4.34. The van der Waals surface area contributed by atoms with E-state index >= 15 is 0 Å². The van der Waals surface area contributed by atoms with Crippen LogP contribution in [0.25, 0.3) is 0 Å². The summed E-state index contributed by atoms with van der Waals surface area (Å²) in [6, 6.07) is 4.76. The normalized spacial score (nSPS) is 14.2. The van der Waals surface area contributed by atoms with Crippen molar-refractivity contribution in [1.82, 2.24) is 10.2 Å². The highest BCUT2D eigenvalue weighted by Gasteiger charge is 2.35. The first-order valence-corrected chi connectivity index (χ1v) is 9.15. The number of unbranched alkanes of at least 4 members (excludes halogenated alkanes) is 2. The molecule has 1 N–H and O–H groups in total. The van der Waals surface area contributed by atoms with E-state index in [-0.39, 0.29) is 30.5 Å². The van der Waals surface area contributed by atoms with Crippen molar-refractivity contribution in [2.75, 3.05) is 19.7 Å². The molecule has 1 aliphatic heterocycles. The fourth-order valence-electron chi connectivity index (χ4n) is 2.93. The van der Waals surface area contributed by atoms with Gasteiger partial charge in [0.2, 0.25) is 0 Å². The average molecular weight is 379 g/mol. The number of fused-ring (bicyclic) bond motifs is 1. The molecule has 1 aromatic carbocycles. The smallest absolute Gasteiger partial charge is 0.294 e. The van der Waals surface area contributed by atoms with Gasteiger partial charge in [-0.05, 0) is 37.6 Å². The summed E-state index contributed by atoms with van der Waals surface area (Å²) in [6.07, 6.45) is 3.93. The zero-order valence-corrected chi connectivity index (χ0v) is 15.6. The molecule has 1 heterocycles. The highest BCUT2D eigenvalue weighted by atomic mass is 16.9. The van der Waals surface area contributed by atoms with Crippen LogP contribution in [0.1, 0.15) is 60.2 Å². The molecule has 0 aliphatic carbocycles. The van der Waals surface area contributed by atoms with E-state index in [0.29, 0.717) is 5.75 Å². The number of nitrogens with one attached hydrogen (secondary N) is 1. The maximum Gasteiger partial charge on any atom is 0.294 e. The van der Waals surface area contributed by atoms with Gasteiger partial charge < -0.3 is 9.57 Å². The Bertz CT molecular complexity index is 694. The largest absolute Gasteiger partial charge is 0.475 e. The van der Waals surface area contributed by atoms with Crippen LogP contribution in [0.15, 0.2) is 18.2 Å². The number of carbonyl (C=O) groups is 2. The first kappa shape index (κ1) is 20.6. The van der Waals surface area contributed by atoms with E-state index in [1.54, 1.807) is 18.2 Å². The number of amides is 2. The molecule has 0 aromatic heterocycles. The molecule has 148 valence electrons. The Balaban J connectivity index is 2.06. The van der Waals surface area contributed by atoms with Gasteiger partial charge in [-0.2, -0.15) is 0 Å². The Morgan fingerprint density at radius 1 is 1.19 bits per heavy atom. The summed E-state index contributed by atoms with van der Waals surface area (Å²) in [7, 11) is 0. The van der Waals surface area contributed by atoms with Crippen LogP contribution in [0, 0.1) is 10.1 Å². The van der Waals surface area contributed by atoms with Crippen LogP contribution in [0.5, 0.6) is 5.75 Å². The van der Waals surface area contributed by atoms with Gasteiger partial charge in [0.15, 0.2) is 0 Å². The van der Waals surface area contributed by atoms with Crippen molar-refractivity contribution in [3.05, 3.63) is 39.4 Å². The van der Waals surface area contributed by atoms with Crippen molar-refractivity contribution in [3.8, 4) is 5.75 Å². The fourth-order valence-corrected chi connectivity index (χ4v) is 2.93. The molecular weight excluding hydrogens is 354 g/mol. The van der Waals surface area contributed by atoms with Gasteiger partial charge in [-0.25, -0.2) is 0 Å². The van der Waals surface area contributed by atoms with Crippen LogP contribution in [0.3, 0.4) is 0 Å². The summed E-state index contributed by atoms with van der Waals surface area (Å²) < 4.78 is 5.95. The standard InChI is InChI=1S/C18H25N3O6/c1-3-5-6-7-16(19-4-2)27-13-8-9-14-15(12-13)18(23)20(17(14)22)10-11-26-21(24)25/h8-9,12,16,19H,3-7,10-11H2,1-2H3. The molecule has 1 unspecified atom stereocenters. The molecule has 9 nitrogen and oxygen atoms in total. The summed E-state index contributed by atoms with van der Waals surface area (Å²) in [4.78, 5) is 40.1. The Morgan fingerprint density at radius 3 is 2.59 bits per heavy atom.